The number of likely N-dealkylation sites (N-methyl/N-ethyl adjacent to an activating group) is 1. The third-order valence-electron chi connectivity index (χ3n) is 8.50. The van der Waals surface area contributed by atoms with E-state index in [1.165, 1.54) is 23.5 Å². The van der Waals surface area contributed by atoms with Crippen LogP contribution in [0.25, 0.3) is 0 Å². The molecule has 0 bridgehead atoms. The molecule has 2 saturated heterocycles. The van der Waals surface area contributed by atoms with E-state index < -0.39 is 22.0 Å². The Hall–Kier alpha value is -2.50. The molecule has 1 saturated carbocycles. The average Bonchev–Trinajstić information content (AvgIpc) is 3.52. The van der Waals surface area contributed by atoms with Crippen LogP contribution in [0.4, 0.5) is 0 Å². The van der Waals surface area contributed by atoms with Gasteiger partial charge >= 0.3 is 5.97 Å². The van der Waals surface area contributed by atoms with Gasteiger partial charge in [-0.2, -0.15) is 4.31 Å². The first kappa shape index (κ1) is 29.0. The smallest absolute Gasteiger partial charge is 0.306 e. The molecule has 2 aliphatic heterocycles. The van der Waals surface area contributed by atoms with Crippen molar-refractivity contribution in [1.82, 2.24) is 9.21 Å². The number of fused-ring (bicyclic) bond motifs is 1. The lowest BCUT2D eigenvalue weighted by Crippen LogP contribution is -2.60. The normalized spacial score (nSPS) is 24.9. The lowest BCUT2D eigenvalue weighted by molar-refractivity contribution is -0.151. The van der Waals surface area contributed by atoms with Crippen LogP contribution in [0.15, 0.2) is 59.5 Å². The molecular weight excluding hydrogens is 532 g/mol. The third kappa shape index (κ3) is 6.69. The van der Waals surface area contributed by atoms with Crippen molar-refractivity contribution in [3.8, 4) is 5.75 Å². The van der Waals surface area contributed by atoms with Crippen LogP contribution in [-0.2, 0) is 30.7 Å². The molecule has 40 heavy (non-hydrogen) atoms. The highest BCUT2D eigenvalue weighted by Gasteiger charge is 2.42. The van der Waals surface area contributed by atoms with Crippen molar-refractivity contribution in [2.45, 2.75) is 61.4 Å². The summed E-state index contributed by atoms with van der Waals surface area (Å²) in [6.07, 6.45) is 1.88. The number of carbonyl (C=O) groups excluding carboxylic acids is 1. The molecule has 10 heteroatoms. The molecule has 2 aromatic carbocycles. The minimum atomic E-state index is -3.91. The number of likely N-dealkylation sites (tertiary alicyclic amines) is 1. The fraction of sp³-hybridized carbons (Fsp3) is 0.567. The van der Waals surface area contributed by atoms with Gasteiger partial charge in [0, 0.05) is 38.6 Å². The quantitative estimate of drug-likeness (QED) is 0.387. The van der Waals surface area contributed by atoms with Crippen LogP contribution in [-0.4, -0.2) is 93.5 Å². The molecule has 2 heterocycles. The first-order valence-corrected chi connectivity index (χ1v) is 15.5. The zero-order chi connectivity index (χ0) is 28.3. The summed E-state index contributed by atoms with van der Waals surface area (Å²) in [7, 11) is -0.446. The van der Waals surface area contributed by atoms with Crippen LogP contribution < -0.4 is 4.74 Å². The summed E-state index contributed by atoms with van der Waals surface area (Å²) >= 11 is 0. The van der Waals surface area contributed by atoms with E-state index in [1.807, 2.05) is 42.3 Å². The van der Waals surface area contributed by atoms with Crippen LogP contribution in [0.3, 0.4) is 0 Å². The number of sulfonamides is 1. The second kappa shape index (κ2) is 12.6. The first-order chi connectivity index (χ1) is 19.2. The van der Waals surface area contributed by atoms with E-state index in [9.17, 15) is 18.3 Å². The van der Waals surface area contributed by atoms with Crippen molar-refractivity contribution in [3.63, 3.8) is 0 Å². The van der Waals surface area contributed by atoms with Crippen molar-refractivity contribution in [3.05, 3.63) is 60.2 Å². The highest BCUT2D eigenvalue weighted by atomic mass is 32.2. The average molecular weight is 573 g/mol. The molecule has 0 aromatic heterocycles. The third-order valence-corrected chi connectivity index (χ3v) is 10.4. The van der Waals surface area contributed by atoms with Crippen LogP contribution >= 0.6 is 0 Å². The molecule has 9 nitrogen and oxygen atoms in total. The monoisotopic (exact) mass is 572 g/mol. The number of rotatable bonds is 12. The van der Waals surface area contributed by atoms with Crippen LogP contribution in [0, 0.1) is 11.8 Å². The number of carbonyl (C=O) groups is 1. The summed E-state index contributed by atoms with van der Waals surface area (Å²) < 4.78 is 45.8. The summed E-state index contributed by atoms with van der Waals surface area (Å²) in [5.74, 6) is 0.130. The molecule has 2 aromatic rings. The van der Waals surface area contributed by atoms with Gasteiger partial charge in [-0.15, -0.1) is 0 Å². The highest BCUT2D eigenvalue weighted by molar-refractivity contribution is 7.89. The molecule has 3 aliphatic rings. The van der Waals surface area contributed by atoms with Crippen molar-refractivity contribution in [2.75, 3.05) is 40.4 Å². The highest BCUT2D eigenvalue weighted by Crippen LogP contribution is 2.37. The Kier molecular flexibility index (Phi) is 9.11. The maximum absolute atomic E-state index is 13.8. The van der Waals surface area contributed by atoms with E-state index in [2.05, 4.69) is 0 Å². The van der Waals surface area contributed by atoms with E-state index in [0.29, 0.717) is 37.6 Å². The van der Waals surface area contributed by atoms with Gasteiger partial charge in [-0.3, -0.25) is 4.79 Å². The summed E-state index contributed by atoms with van der Waals surface area (Å²) in [6, 6.07) is 15.7. The number of benzene rings is 2. The topological polar surface area (TPSA) is 106 Å². The second-order valence-electron chi connectivity index (χ2n) is 11.4. The fourth-order valence-corrected chi connectivity index (χ4v) is 7.86. The molecule has 5 rings (SSSR count). The van der Waals surface area contributed by atoms with E-state index in [0.717, 1.165) is 25.0 Å². The fourth-order valence-electron chi connectivity index (χ4n) is 6.23. The molecule has 3 fully saturated rings. The Morgan fingerprint density at radius 2 is 1.85 bits per heavy atom. The Morgan fingerprint density at radius 3 is 2.50 bits per heavy atom. The number of aliphatic hydroxyl groups excluding tert-OH is 1. The van der Waals surface area contributed by atoms with Gasteiger partial charge in [0.1, 0.15) is 11.9 Å². The Balaban J connectivity index is 1.32. The number of esters is 1. The van der Waals surface area contributed by atoms with Crippen LogP contribution in [0.5, 0.6) is 5.75 Å². The summed E-state index contributed by atoms with van der Waals surface area (Å²) in [4.78, 5) is 15.3. The lowest BCUT2D eigenvalue weighted by atomic mass is 9.90. The minimum Gasteiger partial charge on any atom is -0.497 e. The Labute approximate surface area is 237 Å². The van der Waals surface area contributed by atoms with Crippen molar-refractivity contribution < 1.29 is 32.5 Å². The molecule has 1 N–H and O–H groups in total. The van der Waals surface area contributed by atoms with Gasteiger partial charge in [-0.25, -0.2) is 8.42 Å². The number of hydrogen-bond acceptors (Lipinski definition) is 8. The number of hydrogen-bond donors (Lipinski definition) is 1. The SMILES string of the molecule is COc1ccc(S(=O)(=O)N(C[C@@H](O)[C@@H](CC(=O)O[C@H]2C[C@H]3CCO[C@H]3C2)Cc2ccccc2)C2CN(C)C2)cc1. The van der Waals surface area contributed by atoms with Crippen molar-refractivity contribution in [2.24, 2.45) is 11.8 Å². The number of aliphatic hydroxyl groups is 1. The summed E-state index contributed by atoms with van der Waals surface area (Å²) in [5.41, 5.74) is 0.969. The van der Waals surface area contributed by atoms with Gasteiger partial charge in [0.15, 0.2) is 0 Å². The number of methoxy groups -OCH3 is 1. The maximum atomic E-state index is 13.8. The van der Waals surface area contributed by atoms with E-state index in [4.69, 9.17) is 14.2 Å². The molecule has 5 atom stereocenters. The van der Waals surface area contributed by atoms with Gasteiger partial charge in [0.25, 0.3) is 0 Å². The lowest BCUT2D eigenvalue weighted by Gasteiger charge is -2.43. The summed E-state index contributed by atoms with van der Waals surface area (Å²) in [5, 5.41) is 11.5. The predicted molar refractivity (Wildman–Crippen MR) is 149 cm³/mol. The number of nitrogens with zero attached hydrogens (tertiary/aromatic N) is 2. The molecule has 1 aliphatic carbocycles. The molecule has 218 valence electrons. The number of ether oxygens (including phenoxy) is 3. The molecule has 0 spiro atoms. The largest absolute Gasteiger partial charge is 0.497 e. The standard InChI is InChI=1S/C30H40N2O7S/c1-31-18-24(19-31)32(40(35,36)27-10-8-25(37-2)9-11-27)20-28(33)23(14-21-6-4-3-5-7-21)16-30(34)39-26-15-22-12-13-38-29(22)17-26/h3-11,22-24,26,28-29,33H,12-20H2,1-2H3/t22-,23-,26+,28-,29+/m1/s1. The van der Waals surface area contributed by atoms with Crippen molar-refractivity contribution in [1.29, 1.82) is 0 Å². The first-order valence-electron chi connectivity index (χ1n) is 14.1. The van der Waals surface area contributed by atoms with Gasteiger partial charge in [0.05, 0.1) is 36.7 Å². The Bertz CT molecular complexity index is 1220. The van der Waals surface area contributed by atoms with Crippen LogP contribution in [0.2, 0.25) is 0 Å². The predicted octanol–water partition coefficient (Wildman–Crippen LogP) is 2.72. The van der Waals surface area contributed by atoms with Crippen molar-refractivity contribution >= 4 is 16.0 Å². The zero-order valence-corrected chi connectivity index (χ0v) is 24.0. The van der Waals surface area contributed by atoms with Gasteiger partial charge < -0.3 is 24.2 Å². The molecular formula is C30H40N2O7S. The zero-order valence-electron chi connectivity index (χ0n) is 23.2. The van der Waals surface area contributed by atoms with E-state index >= 15 is 0 Å². The van der Waals surface area contributed by atoms with Crippen LogP contribution in [0.1, 0.15) is 31.2 Å². The second-order valence-corrected chi connectivity index (χ2v) is 13.3. The summed E-state index contributed by atoms with van der Waals surface area (Å²) in [6.45, 7) is 1.80. The minimum absolute atomic E-state index is 0.00371. The Morgan fingerprint density at radius 1 is 1.12 bits per heavy atom. The van der Waals surface area contributed by atoms with Gasteiger partial charge in [0.2, 0.25) is 10.0 Å². The molecule has 0 radical (unpaired) electrons. The molecule has 0 amide bonds. The molecule has 0 unspecified atom stereocenters. The maximum Gasteiger partial charge on any atom is 0.306 e. The van der Waals surface area contributed by atoms with Gasteiger partial charge in [-0.1, -0.05) is 30.3 Å². The van der Waals surface area contributed by atoms with Gasteiger partial charge in [-0.05, 0) is 62.1 Å². The van der Waals surface area contributed by atoms with E-state index in [1.54, 1.807) is 12.1 Å². The van der Waals surface area contributed by atoms with E-state index in [-0.39, 0.29) is 42.1 Å².